The molecular formula is C28H47NO3. The summed E-state index contributed by atoms with van der Waals surface area (Å²) < 4.78 is 5.87. The molecule has 0 radical (unpaired) electrons. The molecular weight excluding hydrogens is 398 g/mol. The molecule has 4 nitrogen and oxygen atoms in total. The lowest BCUT2D eigenvalue weighted by Gasteiger charge is -2.62. The van der Waals surface area contributed by atoms with Crippen LogP contribution < -0.4 is 0 Å². The van der Waals surface area contributed by atoms with Crippen molar-refractivity contribution in [1.82, 2.24) is 0 Å². The van der Waals surface area contributed by atoms with Gasteiger partial charge in [0.2, 0.25) is 0 Å². The van der Waals surface area contributed by atoms with Gasteiger partial charge in [0.1, 0.15) is 6.61 Å². The summed E-state index contributed by atoms with van der Waals surface area (Å²) in [6.45, 7) is 12.6. The third kappa shape index (κ3) is 3.67. The van der Waals surface area contributed by atoms with Gasteiger partial charge in [-0.1, -0.05) is 20.8 Å². The Hall–Kier alpha value is -0.610. The van der Waals surface area contributed by atoms with Crippen LogP contribution in [0, 0.1) is 46.3 Å². The van der Waals surface area contributed by atoms with Crippen LogP contribution >= 0.6 is 0 Å². The van der Waals surface area contributed by atoms with E-state index >= 15 is 0 Å². The maximum absolute atomic E-state index is 11.4. The van der Waals surface area contributed by atoms with Gasteiger partial charge in [0.05, 0.1) is 17.7 Å². The molecule has 5 rings (SSSR count). The van der Waals surface area contributed by atoms with Gasteiger partial charge in [-0.05, 0) is 118 Å². The average Bonchev–Trinajstić information content (AvgIpc) is 3.26. The number of ether oxygens (including phenoxy) is 1. The lowest BCUT2D eigenvalue weighted by atomic mass is 9.43. The monoisotopic (exact) mass is 445 g/mol. The fourth-order valence-electron chi connectivity index (χ4n) is 9.52. The highest BCUT2D eigenvalue weighted by molar-refractivity contribution is 5.78. The first-order valence-corrected chi connectivity index (χ1v) is 13.6. The first kappa shape index (κ1) is 23.1. The molecule has 1 aliphatic heterocycles. The van der Waals surface area contributed by atoms with Gasteiger partial charge in [-0.3, -0.25) is 0 Å². The molecule has 4 heteroatoms. The first-order chi connectivity index (χ1) is 15.0. The molecule has 4 aliphatic carbocycles. The molecule has 10 atom stereocenters. The van der Waals surface area contributed by atoms with Gasteiger partial charge in [-0.15, -0.1) is 0 Å². The van der Waals surface area contributed by atoms with Gasteiger partial charge in [-0.2, -0.15) is 0 Å². The number of hydrogen-bond acceptors (Lipinski definition) is 4. The summed E-state index contributed by atoms with van der Waals surface area (Å²) in [6, 6.07) is 0. The minimum atomic E-state index is -0.175. The molecule has 0 aromatic heterocycles. The Balaban J connectivity index is 1.30. The summed E-state index contributed by atoms with van der Waals surface area (Å²) in [4.78, 5) is 4.78. The summed E-state index contributed by atoms with van der Waals surface area (Å²) in [6.07, 6.45) is 10.9. The maximum atomic E-state index is 11.4. The molecule has 32 heavy (non-hydrogen) atoms. The van der Waals surface area contributed by atoms with Crippen molar-refractivity contribution in [1.29, 1.82) is 0 Å². The summed E-state index contributed by atoms with van der Waals surface area (Å²) in [5.74, 6) is 4.64. The normalized spacial score (nSPS) is 50.6. The molecule has 0 bridgehead atoms. The van der Waals surface area contributed by atoms with Crippen LogP contribution in [0.25, 0.3) is 0 Å². The number of hydrogen-bond donors (Lipinski definition) is 2. The quantitative estimate of drug-likeness (QED) is 0.592. The molecule has 0 spiro atoms. The number of rotatable bonds is 4. The van der Waals surface area contributed by atoms with Gasteiger partial charge in [-0.25, -0.2) is 4.99 Å². The second-order valence-corrected chi connectivity index (χ2v) is 13.6. The number of fused-ring (bicyclic) bond motifs is 5. The molecule has 1 heterocycles. The third-order valence-electron chi connectivity index (χ3n) is 11.2. The number of aliphatic hydroxyl groups excluding tert-OH is 2. The zero-order valence-electron chi connectivity index (χ0n) is 21.1. The van der Waals surface area contributed by atoms with E-state index in [1.165, 1.54) is 25.7 Å². The van der Waals surface area contributed by atoms with Crippen LogP contribution in [-0.2, 0) is 4.74 Å². The minimum Gasteiger partial charge on any atom is -0.478 e. The standard InChI is InChI=1S/C28H47NO3/c1-17(6-9-24-29-26(2,3)16-32-24)20-7-8-21-25-22(11-13-28(20,21)5)27(4)12-10-19(30)14-18(27)15-23(25)31/h17-23,25,30-31H,6-16H2,1-5H3/t17-,18+,19-,20+,21-,22-,23-,25-,27-,28+/m0/s1. The summed E-state index contributed by atoms with van der Waals surface area (Å²) in [7, 11) is 0. The molecule has 4 fully saturated rings. The molecule has 5 aliphatic rings. The van der Waals surface area contributed by atoms with E-state index in [1.807, 2.05) is 0 Å². The van der Waals surface area contributed by atoms with Crippen molar-refractivity contribution in [2.45, 2.75) is 117 Å². The Morgan fingerprint density at radius 1 is 0.969 bits per heavy atom. The van der Waals surface area contributed by atoms with E-state index < -0.39 is 0 Å². The Bertz CT molecular complexity index is 749. The van der Waals surface area contributed by atoms with Crippen LogP contribution in [0.2, 0.25) is 0 Å². The van der Waals surface area contributed by atoms with Gasteiger partial charge in [0, 0.05) is 6.42 Å². The second-order valence-electron chi connectivity index (χ2n) is 13.6. The van der Waals surface area contributed by atoms with E-state index in [4.69, 9.17) is 9.73 Å². The van der Waals surface area contributed by atoms with Crippen molar-refractivity contribution in [3.8, 4) is 0 Å². The van der Waals surface area contributed by atoms with Crippen LogP contribution in [-0.4, -0.2) is 40.5 Å². The summed E-state index contributed by atoms with van der Waals surface area (Å²) >= 11 is 0. The first-order valence-electron chi connectivity index (χ1n) is 13.6. The summed E-state index contributed by atoms with van der Waals surface area (Å²) in [5.41, 5.74) is 0.622. The lowest BCUT2D eigenvalue weighted by molar-refractivity contribution is -0.174. The van der Waals surface area contributed by atoms with E-state index in [1.54, 1.807) is 0 Å². The Morgan fingerprint density at radius 3 is 2.41 bits per heavy atom. The Morgan fingerprint density at radius 2 is 1.69 bits per heavy atom. The zero-order chi connectivity index (χ0) is 22.9. The van der Waals surface area contributed by atoms with Gasteiger partial charge in [0.15, 0.2) is 5.90 Å². The maximum Gasteiger partial charge on any atom is 0.183 e. The van der Waals surface area contributed by atoms with Crippen molar-refractivity contribution in [3.63, 3.8) is 0 Å². The van der Waals surface area contributed by atoms with Crippen molar-refractivity contribution >= 4 is 5.90 Å². The average molecular weight is 446 g/mol. The Kier molecular flexibility index (Phi) is 5.76. The third-order valence-corrected chi connectivity index (χ3v) is 11.2. The largest absolute Gasteiger partial charge is 0.478 e. The number of aliphatic hydroxyl groups is 2. The number of nitrogens with zero attached hydrogens (tertiary/aromatic N) is 1. The highest BCUT2D eigenvalue weighted by atomic mass is 16.5. The van der Waals surface area contributed by atoms with Crippen molar-refractivity contribution in [2.75, 3.05) is 6.61 Å². The van der Waals surface area contributed by atoms with E-state index in [2.05, 4.69) is 34.6 Å². The minimum absolute atomic E-state index is 0.0539. The van der Waals surface area contributed by atoms with Crippen molar-refractivity contribution < 1.29 is 14.9 Å². The van der Waals surface area contributed by atoms with Gasteiger partial charge in [0.25, 0.3) is 0 Å². The van der Waals surface area contributed by atoms with E-state index in [0.29, 0.717) is 40.4 Å². The van der Waals surface area contributed by atoms with Crippen LogP contribution in [0.15, 0.2) is 4.99 Å². The van der Waals surface area contributed by atoms with Crippen LogP contribution in [0.3, 0.4) is 0 Å². The van der Waals surface area contributed by atoms with Gasteiger partial charge >= 0.3 is 0 Å². The van der Waals surface area contributed by atoms with Crippen LogP contribution in [0.4, 0.5) is 0 Å². The molecule has 182 valence electrons. The van der Waals surface area contributed by atoms with E-state index in [0.717, 1.165) is 56.9 Å². The summed E-state index contributed by atoms with van der Waals surface area (Å²) in [5, 5.41) is 21.7. The SMILES string of the molecule is C[C@@H](CCC1=NC(C)(C)CO1)[C@H]1CC[C@H]2[C@@H]3[C@@H](O)C[C@H]4C[C@@H](O)CC[C@]4(C)[C@H]3CC[C@]12C. The fourth-order valence-corrected chi connectivity index (χ4v) is 9.52. The topological polar surface area (TPSA) is 62.0 Å². The molecule has 0 amide bonds. The predicted molar refractivity (Wildman–Crippen MR) is 128 cm³/mol. The molecule has 0 aromatic rings. The van der Waals surface area contributed by atoms with Crippen LogP contribution in [0.5, 0.6) is 0 Å². The molecule has 0 aromatic carbocycles. The second kappa shape index (κ2) is 7.97. The van der Waals surface area contributed by atoms with Gasteiger partial charge < -0.3 is 14.9 Å². The fraction of sp³-hybridized carbons (Fsp3) is 0.964. The smallest absolute Gasteiger partial charge is 0.183 e. The molecule has 0 saturated heterocycles. The lowest BCUT2D eigenvalue weighted by Crippen LogP contribution is -2.58. The highest BCUT2D eigenvalue weighted by Gasteiger charge is 2.62. The molecule has 0 unspecified atom stereocenters. The van der Waals surface area contributed by atoms with E-state index in [-0.39, 0.29) is 17.7 Å². The van der Waals surface area contributed by atoms with Crippen molar-refractivity contribution in [3.05, 3.63) is 0 Å². The Labute approximate surface area is 195 Å². The molecule has 2 N–H and O–H groups in total. The van der Waals surface area contributed by atoms with E-state index in [9.17, 15) is 10.2 Å². The molecule has 4 saturated carbocycles. The van der Waals surface area contributed by atoms with Crippen molar-refractivity contribution in [2.24, 2.45) is 51.3 Å². The zero-order valence-corrected chi connectivity index (χ0v) is 21.1. The number of aliphatic imine (C=N–C) groups is 1. The predicted octanol–water partition coefficient (Wildman–Crippen LogP) is 5.60. The highest BCUT2D eigenvalue weighted by Crippen LogP contribution is 2.68. The van der Waals surface area contributed by atoms with Crippen LogP contribution in [0.1, 0.15) is 98.8 Å².